The lowest BCUT2D eigenvalue weighted by atomic mass is 9.95. The van der Waals surface area contributed by atoms with E-state index in [0.717, 1.165) is 18.5 Å². The molecular weight excluding hydrogens is 286 g/mol. The van der Waals surface area contributed by atoms with Crippen LogP contribution in [0.25, 0.3) is 0 Å². The monoisotopic (exact) mass is 303 g/mol. The Kier molecular flexibility index (Phi) is 3.98. The summed E-state index contributed by atoms with van der Waals surface area (Å²) in [6, 6.07) is 8.60. The van der Waals surface area contributed by atoms with E-state index in [1.807, 2.05) is 6.07 Å². The van der Waals surface area contributed by atoms with E-state index in [1.54, 1.807) is 47.2 Å². The molecule has 1 saturated heterocycles. The van der Waals surface area contributed by atoms with Crippen LogP contribution in [0.5, 0.6) is 0 Å². The molecule has 5 nitrogen and oxygen atoms in total. The van der Waals surface area contributed by atoms with Gasteiger partial charge in [0.15, 0.2) is 0 Å². The Balaban J connectivity index is 1.72. The first-order chi connectivity index (χ1) is 10.2. The molecule has 0 spiro atoms. The van der Waals surface area contributed by atoms with E-state index in [2.05, 4.69) is 9.97 Å². The minimum absolute atomic E-state index is 0.293. The number of nitrogens with zero attached hydrogens (tertiary/aromatic N) is 3. The Bertz CT molecular complexity index is 681. The third-order valence-electron chi connectivity index (χ3n) is 3.84. The zero-order valence-electron chi connectivity index (χ0n) is 11.6. The maximum absolute atomic E-state index is 12.5. The van der Waals surface area contributed by atoms with Crippen LogP contribution in [0.3, 0.4) is 0 Å². The molecule has 3 rings (SSSR count). The summed E-state index contributed by atoms with van der Waals surface area (Å²) in [6.45, 7) is 1.05. The molecule has 0 amide bonds. The molecule has 0 saturated carbocycles. The van der Waals surface area contributed by atoms with Gasteiger partial charge in [-0.05, 0) is 25.0 Å². The fourth-order valence-electron chi connectivity index (χ4n) is 2.65. The molecule has 2 aromatic rings. The normalized spacial score (nSPS) is 17.7. The number of benzene rings is 1. The average molecular weight is 303 g/mol. The third kappa shape index (κ3) is 2.96. The van der Waals surface area contributed by atoms with E-state index >= 15 is 0 Å². The fourth-order valence-corrected chi connectivity index (χ4v) is 4.15. The summed E-state index contributed by atoms with van der Waals surface area (Å²) in [5, 5.41) is 0. The van der Waals surface area contributed by atoms with Crippen LogP contribution in [0.1, 0.15) is 24.5 Å². The lowest BCUT2D eigenvalue weighted by molar-refractivity contribution is 0.316. The summed E-state index contributed by atoms with van der Waals surface area (Å²) >= 11 is 0. The van der Waals surface area contributed by atoms with Crippen molar-refractivity contribution in [3.63, 3.8) is 0 Å². The molecule has 21 heavy (non-hydrogen) atoms. The highest BCUT2D eigenvalue weighted by molar-refractivity contribution is 7.89. The van der Waals surface area contributed by atoms with E-state index in [0.29, 0.717) is 23.9 Å². The van der Waals surface area contributed by atoms with Crippen LogP contribution < -0.4 is 0 Å². The SMILES string of the molecule is O=S(=O)(c1ccccc1)N1CCC(c2cnccn2)CC1. The second-order valence-corrected chi connectivity index (χ2v) is 7.06. The number of sulfonamides is 1. The summed E-state index contributed by atoms with van der Waals surface area (Å²) < 4.78 is 26.6. The van der Waals surface area contributed by atoms with E-state index < -0.39 is 10.0 Å². The Morgan fingerprint density at radius 3 is 2.38 bits per heavy atom. The predicted octanol–water partition coefficient (Wildman–Crippen LogP) is 2.04. The Labute approximate surface area is 124 Å². The van der Waals surface area contributed by atoms with Gasteiger partial charge in [0.25, 0.3) is 0 Å². The zero-order valence-corrected chi connectivity index (χ0v) is 12.4. The molecule has 0 atom stereocenters. The van der Waals surface area contributed by atoms with Crippen LogP contribution in [-0.4, -0.2) is 35.8 Å². The van der Waals surface area contributed by atoms with Crippen LogP contribution >= 0.6 is 0 Å². The van der Waals surface area contributed by atoms with E-state index in [4.69, 9.17) is 0 Å². The lowest BCUT2D eigenvalue weighted by Crippen LogP contribution is -2.38. The van der Waals surface area contributed by atoms with Crippen molar-refractivity contribution in [3.8, 4) is 0 Å². The van der Waals surface area contributed by atoms with Gasteiger partial charge >= 0.3 is 0 Å². The Morgan fingerprint density at radius 1 is 1.05 bits per heavy atom. The van der Waals surface area contributed by atoms with E-state index in [-0.39, 0.29) is 0 Å². The highest BCUT2D eigenvalue weighted by Gasteiger charge is 2.30. The van der Waals surface area contributed by atoms with Gasteiger partial charge in [0, 0.05) is 37.6 Å². The van der Waals surface area contributed by atoms with Crippen molar-refractivity contribution in [1.29, 1.82) is 0 Å². The van der Waals surface area contributed by atoms with Crippen molar-refractivity contribution < 1.29 is 8.42 Å². The molecule has 2 heterocycles. The van der Waals surface area contributed by atoms with Crippen molar-refractivity contribution in [2.45, 2.75) is 23.7 Å². The third-order valence-corrected chi connectivity index (χ3v) is 5.75. The minimum Gasteiger partial charge on any atom is -0.261 e. The summed E-state index contributed by atoms with van der Waals surface area (Å²) in [5.74, 6) is 0.293. The molecule has 0 bridgehead atoms. The second-order valence-electron chi connectivity index (χ2n) is 5.12. The van der Waals surface area contributed by atoms with Gasteiger partial charge in [-0.15, -0.1) is 0 Å². The van der Waals surface area contributed by atoms with Gasteiger partial charge in [-0.25, -0.2) is 8.42 Å². The fraction of sp³-hybridized carbons (Fsp3) is 0.333. The molecule has 1 fully saturated rings. The van der Waals surface area contributed by atoms with Crippen LogP contribution in [0.4, 0.5) is 0 Å². The maximum Gasteiger partial charge on any atom is 0.243 e. The quantitative estimate of drug-likeness (QED) is 0.870. The van der Waals surface area contributed by atoms with Gasteiger partial charge in [0.05, 0.1) is 10.6 Å². The molecule has 1 aromatic carbocycles. The van der Waals surface area contributed by atoms with Gasteiger partial charge in [-0.2, -0.15) is 4.31 Å². The van der Waals surface area contributed by atoms with E-state index in [1.165, 1.54) is 0 Å². The van der Waals surface area contributed by atoms with Crippen molar-refractivity contribution in [2.75, 3.05) is 13.1 Å². The van der Waals surface area contributed by atoms with Gasteiger partial charge in [0.2, 0.25) is 10.0 Å². The van der Waals surface area contributed by atoms with Crippen molar-refractivity contribution in [1.82, 2.24) is 14.3 Å². The van der Waals surface area contributed by atoms with Crippen LogP contribution in [0.15, 0.2) is 53.8 Å². The predicted molar refractivity (Wildman–Crippen MR) is 79.2 cm³/mol. The summed E-state index contributed by atoms with van der Waals surface area (Å²) in [6.07, 6.45) is 6.67. The van der Waals surface area contributed by atoms with Gasteiger partial charge in [-0.3, -0.25) is 9.97 Å². The average Bonchev–Trinajstić information content (AvgIpc) is 2.57. The van der Waals surface area contributed by atoms with Crippen molar-refractivity contribution in [3.05, 3.63) is 54.6 Å². The van der Waals surface area contributed by atoms with Crippen molar-refractivity contribution >= 4 is 10.0 Å². The molecule has 1 aliphatic rings. The van der Waals surface area contributed by atoms with Gasteiger partial charge in [-0.1, -0.05) is 18.2 Å². The Morgan fingerprint density at radius 2 is 1.76 bits per heavy atom. The first-order valence-corrected chi connectivity index (χ1v) is 8.43. The molecule has 0 unspecified atom stereocenters. The second kappa shape index (κ2) is 5.91. The summed E-state index contributed by atoms with van der Waals surface area (Å²) in [4.78, 5) is 8.76. The number of hydrogen-bond acceptors (Lipinski definition) is 4. The van der Waals surface area contributed by atoms with Crippen LogP contribution in [0.2, 0.25) is 0 Å². The first-order valence-electron chi connectivity index (χ1n) is 6.99. The highest BCUT2D eigenvalue weighted by atomic mass is 32.2. The lowest BCUT2D eigenvalue weighted by Gasteiger charge is -2.30. The molecular formula is C15H17N3O2S. The molecule has 110 valence electrons. The smallest absolute Gasteiger partial charge is 0.243 e. The number of rotatable bonds is 3. The largest absolute Gasteiger partial charge is 0.261 e. The van der Waals surface area contributed by atoms with E-state index in [9.17, 15) is 8.42 Å². The van der Waals surface area contributed by atoms with Gasteiger partial charge < -0.3 is 0 Å². The van der Waals surface area contributed by atoms with Crippen molar-refractivity contribution in [2.24, 2.45) is 0 Å². The molecule has 0 N–H and O–H groups in total. The number of piperidine rings is 1. The maximum atomic E-state index is 12.5. The van der Waals surface area contributed by atoms with Gasteiger partial charge in [0.1, 0.15) is 0 Å². The van der Waals surface area contributed by atoms with Crippen LogP contribution in [0, 0.1) is 0 Å². The Hall–Kier alpha value is -1.79. The first kappa shape index (κ1) is 14.2. The summed E-state index contributed by atoms with van der Waals surface area (Å²) in [7, 11) is -3.37. The topological polar surface area (TPSA) is 63.2 Å². The molecule has 6 heteroatoms. The zero-order chi connectivity index (χ0) is 14.7. The van der Waals surface area contributed by atoms with Crippen LogP contribution in [-0.2, 0) is 10.0 Å². The minimum atomic E-state index is -3.37. The highest BCUT2D eigenvalue weighted by Crippen LogP contribution is 2.29. The molecule has 1 aliphatic heterocycles. The standard InChI is InChI=1S/C15H17N3O2S/c19-21(20,14-4-2-1-3-5-14)18-10-6-13(7-11-18)15-12-16-8-9-17-15/h1-5,8-9,12-13H,6-7,10-11H2. The number of hydrogen-bond donors (Lipinski definition) is 0. The molecule has 0 aliphatic carbocycles. The molecule has 0 radical (unpaired) electrons. The summed E-state index contributed by atoms with van der Waals surface area (Å²) in [5.41, 5.74) is 0.953. The number of aromatic nitrogens is 2. The molecule has 1 aromatic heterocycles.